The maximum Gasteiger partial charge on any atom is 0.311 e. The minimum Gasteiger partial charge on any atom is -0.469 e. The van der Waals surface area contributed by atoms with Crippen molar-refractivity contribution in [3.05, 3.63) is 0 Å². The van der Waals surface area contributed by atoms with E-state index in [1.54, 1.807) is 0 Å². The van der Waals surface area contributed by atoms with Gasteiger partial charge in [-0.2, -0.15) is 0 Å². The summed E-state index contributed by atoms with van der Waals surface area (Å²) in [6, 6.07) is 0. The van der Waals surface area contributed by atoms with Gasteiger partial charge in [-0.3, -0.25) is 9.59 Å². The number of hydrogen-bond acceptors (Lipinski definition) is 5. The molecule has 32 heavy (non-hydrogen) atoms. The van der Waals surface area contributed by atoms with Crippen LogP contribution >= 0.6 is 0 Å². The zero-order valence-corrected chi connectivity index (χ0v) is 20.4. The van der Waals surface area contributed by atoms with Gasteiger partial charge in [0.25, 0.3) is 0 Å². The molecule has 1 aliphatic heterocycles. The Kier molecular flexibility index (Phi) is 4.17. The lowest BCUT2D eigenvalue weighted by atomic mass is 9.30. The van der Waals surface area contributed by atoms with Crippen molar-refractivity contribution in [2.24, 2.45) is 51.8 Å². The molecule has 5 nitrogen and oxygen atoms in total. The molecule has 10 atom stereocenters. The molecule has 178 valence electrons. The fourth-order valence-electron chi connectivity index (χ4n) is 11.1. The lowest BCUT2D eigenvalue weighted by Crippen LogP contribution is -2.77. The molecule has 4 bridgehead atoms. The van der Waals surface area contributed by atoms with E-state index >= 15 is 0 Å². The molecular weight excluding hydrogens is 404 g/mol. The van der Waals surface area contributed by atoms with E-state index in [4.69, 9.17) is 9.47 Å². The average molecular weight is 445 g/mol. The normalized spacial score (nSPS) is 57.4. The maximum absolute atomic E-state index is 13.6. The molecule has 6 aliphatic carbocycles. The van der Waals surface area contributed by atoms with Gasteiger partial charge in [-0.05, 0) is 93.8 Å². The predicted octanol–water partition coefficient (Wildman–Crippen LogP) is 4.50. The average Bonchev–Trinajstić information content (AvgIpc) is 2.73. The van der Waals surface area contributed by atoms with E-state index in [0.29, 0.717) is 42.3 Å². The van der Waals surface area contributed by atoms with Crippen LogP contribution in [0.15, 0.2) is 0 Å². The summed E-state index contributed by atoms with van der Waals surface area (Å²) in [5.74, 6) is 0.461. The molecule has 7 fully saturated rings. The minimum atomic E-state index is -1.16. The standard InChI is InChI=1S/C27H40O5/c1-23(2)16-14-26-11-8-18-24(3,9-6-10-25(18,4)22(29)31-5)19(26)13-15(16)20-21(26)17(28)7-12-27(20,30)32-23/h15-16,18-21,30H,6-14H2,1-5H3/t15-,16?,18+,19+,20+,21+,24-,25+,26-,27-/m0/s1. The number of hydrogen-bond donors (Lipinski definition) is 1. The van der Waals surface area contributed by atoms with Gasteiger partial charge in [-0.1, -0.05) is 13.3 Å². The zero-order chi connectivity index (χ0) is 22.9. The van der Waals surface area contributed by atoms with Crippen LogP contribution in [0.1, 0.15) is 85.5 Å². The number of aliphatic hydroxyl groups is 1. The van der Waals surface area contributed by atoms with Crippen LogP contribution < -0.4 is 0 Å². The van der Waals surface area contributed by atoms with E-state index in [9.17, 15) is 14.7 Å². The summed E-state index contributed by atoms with van der Waals surface area (Å²) in [6.07, 6.45) is 8.02. The van der Waals surface area contributed by atoms with Crippen molar-refractivity contribution in [1.29, 1.82) is 0 Å². The first-order valence-corrected chi connectivity index (χ1v) is 13.0. The summed E-state index contributed by atoms with van der Waals surface area (Å²) in [4.78, 5) is 26.5. The Balaban J connectivity index is 1.48. The number of fused-ring (bicyclic) bond motifs is 1. The smallest absolute Gasteiger partial charge is 0.311 e. The molecule has 1 spiro atoms. The number of carbonyl (C=O) groups excluding carboxylic acids is 2. The predicted molar refractivity (Wildman–Crippen MR) is 118 cm³/mol. The minimum absolute atomic E-state index is 0.0354. The highest BCUT2D eigenvalue weighted by atomic mass is 16.6. The number of carbonyl (C=O) groups is 2. The Morgan fingerprint density at radius 2 is 1.84 bits per heavy atom. The molecule has 0 aromatic rings. The Hall–Kier alpha value is -0.940. The fourth-order valence-corrected chi connectivity index (χ4v) is 11.1. The molecule has 0 amide bonds. The van der Waals surface area contributed by atoms with Crippen molar-refractivity contribution < 1.29 is 24.2 Å². The van der Waals surface area contributed by atoms with Gasteiger partial charge >= 0.3 is 5.97 Å². The second-order valence-electron chi connectivity index (χ2n) is 13.4. The molecule has 7 rings (SSSR count). The molecule has 1 unspecified atom stereocenters. The molecule has 7 aliphatic rings. The van der Waals surface area contributed by atoms with Gasteiger partial charge in [0.2, 0.25) is 0 Å². The van der Waals surface area contributed by atoms with Crippen molar-refractivity contribution in [2.45, 2.75) is 96.9 Å². The molecule has 5 heteroatoms. The quantitative estimate of drug-likeness (QED) is 0.603. The van der Waals surface area contributed by atoms with Crippen LogP contribution in [0.2, 0.25) is 0 Å². The first-order chi connectivity index (χ1) is 14.9. The molecule has 0 aromatic heterocycles. The van der Waals surface area contributed by atoms with Gasteiger partial charge in [-0.15, -0.1) is 0 Å². The van der Waals surface area contributed by atoms with Gasteiger partial charge < -0.3 is 14.6 Å². The largest absolute Gasteiger partial charge is 0.469 e. The van der Waals surface area contributed by atoms with Gasteiger partial charge in [0, 0.05) is 24.7 Å². The van der Waals surface area contributed by atoms with Crippen molar-refractivity contribution in [3.63, 3.8) is 0 Å². The Labute approximate surface area is 192 Å². The van der Waals surface area contributed by atoms with Crippen molar-refractivity contribution in [1.82, 2.24) is 0 Å². The molecular formula is C27H40O5. The van der Waals surface area contributed by atoms with Crippen molar-refractivity contribution in [2.75, 3.05) is 7.11 Å². The van der Waals surface area contributed by atoms with Crippen LogP contribution in [0.4, 0.5) is 0 Å². The lowest BCUT2D eigenvalue weighted by Gasteiger charge is -2.76. The van der Waals surface area contributed by atoms with Crippen LogP contribution in [-0.4, -0.2) is 35.4 Å². The van der Waals surface area contributed by atoms with Crippen molar-refractivity contribution >= 4 is 11.8 Å². The number of methoxy groups -OCH3 is 1. The fraction of sp³-hybridized carbons (Fsp3) is 0.926. The van der Waals surface area contributed by atoms with Gasteiger partial charge in [0.1, 0.15) is 5.78 Å². The van der Waals surface area contributed by atoms with E-state index in [1.807, 2.05) is 0 Å². The van der Waals surface area contributed by atoms with Gasteiger partial charge in [0.15, 0.2) is 5.79 Å². The Bertz CT molecular complexity index is 881. The molecule has 1 saturated heterocycles. The SMILES string of the molecule is COC(=O)[C@]1(C)CCC[C@]2(C)[C@H]3C[C@H]4C5C[C@]3(CC[C@H]21)[C@@H]1C(=O)CC[C@](O)(OC5(C)C)[C@@H]14. The van der Waals surface area contributed by atoms with Crippen LogP contribution in [0.25, 0.3) is 0 Å². The summed E-state index contributed by atoms with van der Waals surface area (Å²) in [5, 5.41) is 11.7. The second-order valence-corrected chi connectivity index (χ2v) is 13.4. The summed E-state index contributed by atoms with van der Waals surface area (Å²) >= 11 is 0. The van der Waals surface area contributed by atoms with E-state index < -0.39 is 11.2 Å². The summed E-state index contributed by atoms with van der Waals surface area (Å²) in [6.45, 7) is 8.88. The molecule has 0 radical (unpaired) electrons. The number of ketones is 1. The first kappa shape index (κ1) is 21.6. The van der Waals surface area contributed by atoms with E-state index in [1.165, 1.54) is 7.11 Å². The number of ether oxygens (including phenoxy) is 2. The summed E-state index contributed by atoms with van der Waals surface area (Å²) < 4.78 is 11.8. The first-order valence-electron chi connectivity index (χ1n) is 13.0. The monoisotopic (exact) mass is 444 g/mol. The van der Waals surface area contributed by atoms with E-state index in [2.05, 4.69) is 27.7 Å². The highest BCUT2D eigenvalue weighted by molar-refractivity contribution is 5.84. The van der Waals surface area contributed by atoms with Gasteiger partial charge in [0.05, 0.1) is 18.1 Å². The van der Waals surface area contributed by atoms with Gasteiger partial charge in [-0.25, -0.2) is 0 Å². The topological polar surface area (TPSA) is 72.8 Å². The summed E-state index contributed by atoms with van der Waals surface area (Å²) in [5.41, 5.74) is -0.830. The Morgan fingerprint density at radius 1 is 1.09 bits per heavy atom. The second kappa shape index (κ2) is 6.19. The third-order valence-corrected chi connectivity index (χ3v) is 12.0. The van der Waals surface area contributed by atoms with E-state index in [0.717, 1.165) is 44.9 Å². The summed E-state index contributed by atoms with van der Waals surface area (Å²) in [7, 11) is 1.53. The lowest BCUT2D eigenvalue weighted by molar-refractivity contribution is -0.404. The number of esters is 1. The van der Waals surface area contributed by atoms with Crippen LogP contribution in [0, 0.1) is 51.8 Å². The van der Waals surface area contributed by atoms with Crippen LogP contribution in [0.5, 0.6) is 0 Å². The zero-order valence-electron chi connectivity index (χ0n) is 20.4. The highest BCUT2D eigenvalue weighted by Gasteiger charge is 2.77. The highest BCUT2D eigenvalue weighted by Crippen LogP contribution is 2.78. The third kappa shape index (κ3) is 2.29. The maximum atomic E-state index is 13.6. The van der Waals surface area contributed by atoms with Crippen molar-refractivity contribution in [3.8, 4) is 0 Å². The molecule has 1 N–H and O–H groups in total. The Morgan fingerprint density at radius 3 is 2.56 bits per heavy atom. The number of rotatable bonds is 1. The third-order valence-electron chi connectivity index (χ3n) is 12.0. The van der Waals surface area contributed by atoms with Crippen LogP contribution in [0.3, 0.4) is 0 Å². The molecule has 0 aromatic carbocycles. The number of Topliss-reactive ketones (excluding diaryl/α,β-unsaturated/α-hetero) is 1. The van der Waals surface area contributed by atoms with Crippen LogP contribution in [-0.2, 0) is 19.1 Å². The van der Waals surface area contributed by atoms with E-state index in [-0.39, 0.29) is 34.2 Å². The molecule has 6 saturated carbocycles. The molecule has 1 heterocycles.